The summed E-state index contributed by atoms with van der Waals surface area (Å²) < 4.78 is 28.6. The fourth-order valence-electron chi connectivity index (χ4n) is 2.55. The summed E-state index contributed by atoms with van der Waals surface area (Å²) in [6.07, 6.45) is 1.55. The second-order valence-corrected chi connectivity index (χ2v) is 7.69. The summed E-state index contributed by atoms with van der Waals surface area (Å²) in [5, 5.41) is 13.7. The van der Waals surface area contributed by atoms with E-state index in [1.165, 1.54) is 23.5 Å². The van der Waals surface area contributed by atoms with Crippen LogP contribution < -0.4 is 4.31 Å². The quantitative estimate of drug-likeness (QED) is 0.762. The van der Waals surface area contributed by atoms with E-state index in [4.69, 9.17) is 0 Å². The first-order chi connectivity index (χ1) is 11.9. The zero-order chi connectivity index (χ0) is 18.0. The van der Waals surface area contributed by atoms with Gasteiger partial charge in [-0.05, 0) is 36.8 Å². The number of sulfonamides is 1. The molecule has 0 atom stereocenters. The number of phenolic OH excluding ortho intramolecular Hbond substituents is 1. The average Bonchev–Trinajstić information content (AvgIpc) is 2.97. The Balaban J connectivity index is 1.91. The van der Waals surface area contributed by atoms with E-state index in [0.29, 0.717) is 17.9 Å². The largest absolute Gasteiger partial charge is 0.508 e. The summed E-state index contributed by atoms with van der Waals surface area (Å²) in [7, 11) is -2.26. The van der Waals surface area contributed by atoms with Gasteiger partial charge in [0.2, 0.25) is 0 Å². The fourth-order valence-corrected chi connectivity index (χ4v) is 3.92. The van der Waals surface area contributed by atoms with Crippen LogP contribution in [-0.4, -0.2) is 30.4 Å². The number of anilines is 1. The predicted octanol–water partition coefficient (Wildman–Crippen LogP) is 2.77. The van der Waals surface area contributed by atoms with Crippen molar-refractivity contribution in [3.05, 3.63) is 72.1 Å². The number of benzene rings is 2. The van der Waals surface area contributed by atoms with Crippen molar-refractivity contribution in [2.75, 3.05) is 11.4 Å². The first-order valence-corrected chi connectivity index (χ1v) is 9.18. The highest BCUT2D eigenvalue weighted by Gasteiger charge is 2.26. The van der Waals surface area contributed by atoms with Crippen molar-refractivity contribution in [3.8, 4) is 5.75 Å². The third-order valence-corrected chi connectivity index (χ3v) is 5.83. The third-order valence-electron chi connectivity index (χ3n) is 3.94. The summed E-state index contributed by atoms with van der Waals surface area (Å²) in [5.41, 5.74) is 1.95. The molecule has 0 aliphatic carbocycles. The van der Waals surface area contributed by atoms with Crippen molar-refractivity contribution in [2.24, 2.45) is 0 Å². The molecule has 1 heterocycles. The van der Waals surface area contributed by atoms with Gasteiger partial charge in [0.25, 0.3) is 10.0 Å². The molecule has 0 aliphatic rings. The number of aromatic hydroxyl groups is 1. The van der Waals surface area contributed by atoms with Crippen LogP contribution in [0.25, 0.3) is 0 Å². The summed E-state index contributed by atoms with van der Waals surface area (Å²) in [6.45, 7) is 2.18. The highest BCUT2D eigenvalue weighted by Crippen LogP contribution is 2.25. The Hall–Kier alpha value is -2.80. The van der Waals surface area contributed by atoms with E-state index in [0.717, 1.165) is 5.56 Å². The van der Waals surface area contributed by atoms with Gasteiger partial charge in [-0.3, -0.25) is 8.99 Å². The Labute approximate surface area is 147 Å². The number of aromatic nitrogens is 2. The number of rotatable bonds is 5. The lowest BCUT2D eigenvalue weighted by atomic mass is 10.2. The number of nitrogens with zero attached hydrogens (tertiary/aromatic N) is 3. The lowest BCUT2D eigenvalue weighted by molar-refractivity contribution is 0.475. The molecule has 0 saturated carbocycles. The second kappa shape index (κ2) is 6.60. The molecule has 7 heteroatoms. The van der Waals surface area contributed by atoms with Gasteiger partial charge >= 0.3 is 0 Å². The third kappa shape index (κ3) is 3.51. The fraction of sp³-hybridized carbons (Fsp3) is 0.167. The van der Waals surface area contributed by atoms with Gasteiger partial charge in [0, 0.05) is 13.2 Å². The van der Waals surface area contributed by atoms with Gasteiger partial charge < -0.3 is 5.11 Å². The van der Waals surface area contributed by atoms with E-state index in [1.807, 2.05) is 30.3 Å². The monoisotopic (exact) mass is 357 g/mol. The zero-order valence-corrected chi connectivity index (χ0v) is 14.8. The Bertz CT molecular complexity index is 965. The van der Waals surface area contributed by atoms with E-state index >= 15 is 0 Å². The first-order valence-electron chi connectivity index (χ1n) is 7.74. The lowest BCUT2D eigenvalue weighted by Crippen LogP contribution is -2.26. The number of phenols is 1. The maximum absolute atomic E-state index is 12.9. The minimum absolute atomic E-state index is 0.0846. The standard InChI is InChI=1S/C18H19N3O3S/c1-14-18(13-21(19-14)12-15-6-4-3-5-7-15)25(23,24)20(2)16-8-10-17(22)11-9-16/h3-11,13,22H,12H2,1-2H3. The van der Waals surface area contributed by atoms with Gasteiger partial charge in [0.1, 0.15) is 10.6 Å². The highest BCUT2D eigenvalue weighted by molar-refractivity contribution is 7.92. The van der Waals surface area contributed by atoms with E-state index in [9.17, 15) is 13.5 Å². The highest BCUT2D eigenvalue weighted by atomic mass is 32.2. The molecule has 3 rings (SSSR count). The van der Waals surface area contributed by atoms with Gasteiger partial charge in [-0.25, -0.2) is 8.42 Å². The van der Waals surface area contributed by atoms with Crippen LogP contribution in [-0.2, 0) is 16.6 Å². The van der Waals surface area contributed by atoms with Gasteiger partial charge in [-0.15, -0.1) is 0 Å². The summed E-state index contributed by atoms with van der Waals surface area (Å²) in [4.78, 5) is 0.166. The molecule has 25 heavy (non-hydrogen) atoms. The molecular weight excluding hydrogens is 338 g/mol. The predicted molar refractivity (Wildman–Crippen MR) is 96.2 cm³/mol. The maximum Gasteiger partial charge on any atom is 0.267 e. The van der Waals surface area contributed by atoms with Gasteiger partial charge in [0.05, 0.1) is 17.9 Å². The normalized spacial score (nSPS) is 11.4. The number of hydrogen-bond acceptors (Lipinski definition) is 4. The van der Waals surface area contributed by atoms with Gasteiger partial charge in [0.15, 0.2) is 0 Å². The van der Waals surface area contributed by atoms with Crippen molar-refractivity contribution in [2.45, 2.75) is 18.4 Å². The molecule has 0 amide bonds. The molecule has 0 unspecified atom stereocenters. The lowest BCUT2D eigenvalue weighted by Gasteiger charge is -2.18. The Morgan fingerprint density at radius 3 is 2.36 bits per heavy atom. The van der Waals surface area contributed by atoms with Crippen molar-refractivity contribution in [1.82, 2.24) is 9.78 Å². The Kier molecular flexibility index (Phi) is 4.50. The molecular formula is C18H19N3O3S. The molecule has 0 fully saturated rings. The minimum Gasteiger partial charge on any atom is -0.508 e. The van der Waals surface area contributed by atoms with Crippen LogP contribution >= 0.6 is 0 Å². The van der Waals surface area contributed by atoms with Crippen LogP contribution in [0.15, 0.2) is 65.7 Å². The molecule has 0 radical (unpaired) electrons. The van der Waals surface area contributed by atoms with Crippen LogP contribution in [0, 0.1) is 6.92 Å². The SMILES string of the molecule is Cc1nn(Cc2ccccc2)cc1S(=O)(=O)N(C)c1ccc(O)cc1. The summed E-state index contributed by atoms with van der Waals surface area (Å²) >= 11 is 0. The van der Waals surface area contributed by atoms with E-state index in [1.54, 1.807) is 29.9 Å². The molecule has 0 saturated heterocycles. The molecule has 2 aromatic carbocycles. The molecule has 3 aromatic rings. The van der Waals surface area contributed by atoms with Gasteiger partial charge in [-0.1, -0.05) is 30.3 Å². The molecule has 6 nitrogen and oxygen atoms in total. The van der Waals surface area contributed by atoms with Crippen LogP contribution in [0.3, 0.4) is 0 Å². The van der Waals surface area contributed by atoms with E-state index < -0.39 is 10.0 Å². The smallest absolute Gasteiger partial charge is 0.267 e. The molecule has 130 valence electrons. The van der Waals surface area contributed by atoms with Crippen molar-refractivity contribution in [3.63, 3.8) is 0 Å². The van der Waals surface area contributed by atoms with Crippen LogP contribution in [0.4, 0.5) is 5.69 Å². The van der Waals surface area contributed by atoms with Crippen molar-refractivity contribution < 1.29 is 13.5 Å². The van der Waals surface area contributed by atoms with E-state index in [-0.39, 0.29) is 10.6 Å². The molecule has 1 N–H and O–H groups in total. The molecule has 0 bridgehead atoms. The second-order valence-electron chi connectivity index (χ2n) is 5.75. The summed E-state index contributed by atoms with van der Waals surface area (Å²) in [5.74, 6) is 0.0846. The average molecular weight is 357 g/mol. The Morgan fingerprint density at radius 2 is 1.72 bits per heavy atom. The molecule has 0 aliphatic heterocycles. The Morgan fingerprint density at radius 1 is 1.08 bits per heavy atom. The molecule has 0 spiro atoms. The van der Waals surface area contributed by atoms with Crippen molar-refractivity contribution in [1.29, 1.82) is 0 Å². The van der Waals surface area contributed by atoms with Crippen LogP contribution in [0.1, 0.15) is 11.3 Å². The zero-order valence-electron chi connectivity index (χ0n) is 14.0. The van der Waals surface area contributed by atoms with E-state index in [2.05, 4.69) is 5.10 Å². The summed E-state index contributed by atoms with van der Waals surface area (Å²) in [6, 6.07) is 15.7. The first kappa shape index (κ1) is 17.0. The molecule has 1 aromatic heterocycles. The van der Waals surface area contributed by atoms with Crippen LogP contribution in [0.5, 0.6) is 5.75 Å². The maximum atomic E-state index is 12.9. The number of aryl methyl sites for hydroxylation is 1. The number of hydrogen-bond donors (Lipinski definition) is 1. The van der Waals surface area contributed by atoms with Crippen molar-refractivity contribution >= 4 is 15.7 Å². The topological polar surface area (TPSA) is 75.4 Å². The minimum atomic E-state index is -3.74. The van der Waals surface area contributed by atoms with Crippen LogP contribution in [0.2, 0.25) is 0 Å². The van der Waals surface area contributed by atoms with Gasteiger partial charge in [-0.2, -0.15) is 5.10 Å².